The summed E-state index contributed by atoms with van der Waals surface area (Å²) < 4.78 is 0. The molecule has 0 saturated carbocycles. The number of carboxylic acid groups (broad SMARTS) is 1. The zero-order chi connectivity index (χ0) is 21.8. The molecule has 0 saturated heterocycles. The average molecular weight is 412 g/mol. The summed E-state index contributed by atoms with van der Waals surface area (Å²) in [6, 6.07) is 18.3. The van der Waals surface area contributed by atoms with Gasteiger partial charge in [0.15, 0.2) is 5.75 Å². The standard InChI is InChI=1S/C24H20N4O3/c1-16(10-20-14-27-23-5-3-2-4-22(20)23)28(24(29)30)31-21-11-19(13-26-15-21)18-8-6-17(12-25)7-9-18/h2-9,11,13-16,27H,10H2,1H3,(H,29,30). The van der Waals surface area contributed by atoms with Gasteiger partial charge in [-0.15, -0.1) is 5.06 Å². The first kappa shape index (κ1) is 20.0. The topological polar surface area (TPSA) is 102 Å². The number of H-pyrrole nitrogens is 1. The molecule has 0 spiro atoms. The third-order valence-electron chi connectivity index (χ3n) is 5.04. The van der Waals surface area contributed by atoms with E-state index in [9.17, 15) is 9.90 Å². The summed E-state index contributed by atoms with van der Waals surface area (Å²) in [6.07, 6.45) is 4.33. The molecule has 0 radical (unpaired) electrons. The molecule has 0 aliphatic rings. The van der Waals surface area contributed by atoms with Crippen LogP contribution in [0.3, 0.4) is 0 Å². The molecule has 0 aliphatic heterocycles. The third-order valence-corrected chi connectivity index (χ3v) is 5.04. The van der Waals surface area contributed by atoms with Crippen LogP contribution in [0, 0.1) is 11.3 Å². The maximum atomic E-state index is 11.9. The van der Waals surface area contributed by atoms with Gasteiger partial charge < -0.3 is 14.9 Å². The normalized spacial score (nSPS) is 11.6. The lowest BCUT2D eigenvalue weighted by atomic mass is 10.1. The van der Waals surface area contributed by atoms with Crippen molar-refractivity contribution >= 4 is 17.0 Å². The monoisotopic (exact) mass is 412 g/mol. The first-order valence-electron chi connectivity index (χ1n) is 9.76. The molecular weight excluding hydrogens is 392 g/mol. The minimum absolute atomic E-state index is 0.315. The number of rotatable bonds is 6. The summed E-state index contributed by atoms with van der Waals surface area (Å²) in [6.45, 7) is 1.80. The maximum absolute atomic E-state index is 11.9. The number of nitrogens with one attached hydrogen (secondary N) is 1. The molecule has 0 bridgehead atoms. The van der Waals surface area contributed by atoms with Gasteiger partial charge in [0.2, 0.25) is 0 Å². The number of nitrogens with zero attached hydrogens (tertiary/aromatic N) is 3. The van der Waals surface area contributed by atoms with E-state index in [1.807, 2.05) is 42.6 Å². The molecule has 1 amide bonds. The number of carbonyl (C=O) groups is 1. The van der Waals surface area contributed by atoms with Crippen molar-refractivity contribution in [3.05, 3.63) is 84.3 Å². The van der Waals surface area contributed by atoms with Crippen molar-refractivity contribution in [3.63, 3.8) is 0 Å². The Kier molecular flexibility index (Phi) is 5.54. The summed E-state index contributed by atoms with van der Waals surface area (Å²) in [4.78, 5) is 25.0. The Morgan fingerprint density at radius 3 is 2.71 bits per heavy atom. The molecule has 4 aromatic rings. The molecule has 2 heterocycles. The molecule has 0 aliphatic carbocycles. The second-order valence-corrected chi connectivity index (χ2v) is 7.21. The molecule has 154 valence electrons. The first-order chi connectivity index (χ1) is 15.0. The number of hydrogen-bond donors (Lipinski definition) is 2. The summed E-state index contributed by atoms with van der Waals surface area (Å²) in [5.41, 5.74) is 4.20. The van der Waals surface area contributed by atoms with E-state index in [2.05, 4.69) is 16.0 Å². The van der Waals surface area contributed by atoms with E-state index in [1.165, 1.54) is 6.20 Å². The van der Waals surface area contributed by atoms with Gasteiger partial charge in [0.1, 0.15) is 0 Å². The van der Waals surface area contributed by atoms with Crippen LogP contribution >= 0.6 is 0 Å². The molecular formula is C24H20N4O3. The number of pyridine rings is 1. The number of fused-ring (bicyclic) bond motifs is 1. The van der Waals surface area contributed by atoms with Gasteiger partial charge in [-0.3, -0.25) is 4.98 Å². The van der Waals surface area contributed by atoms with E-state index in [-0.39, 0.29) is 0 Å². The van der Waals surface area contributed by atoms with E-state index in [0.29, 0.717) is 17.7 Å². The van der Waals surface area contributed by atoms with E-state index in [0.717, 1.165) is 32.7 Å². The van der Waals surface area contributed by atoms with Crippen molar-refractivity contribution in [2.75, 3.05) is 0 Å². The fourth-order valence-electron chi connectivity index (χ4n) is 3.50. The highest BCUT2D eigenvalue weighted by molar-refractivity contribution is 5.83. The molecule has 7 heteroatoms. The molecule has 31 heavy (non-hydrogen) atoms. The van der Waals surface area contributed by atoms with Crippen LogP contribution in [0.25, 0.3) is 22.0 Å². The zero-order valence-electron chi connectivity index (χ0n) is 16.8. The Morgan fingerprint density at radius 1 is 1.19 bits per heavy atom. The SMILES string of the molecule is CC(Cc1c[nH]c2ccccc12)N(Oc1cncc(-c2ccc(C#N)cc2)c1)C(=O)O. The van der Waals surface area contributed by atoms with Crippen LogP contribution in [0.4, 0.5) is 4.79 Å². The number of aromatic nitrogens is 2. The Hall–Kier alpha value is -4.31. The fraction of sp³-hybridized carbons (Fsp3) is 0.125. The van der Waals surface area contributed by atoms with Gasteiger partial charge >= 0.3 is 6.09 Å². The number of nitriles is 1. The van der Waals surface area contributed by atoms with Crippen LogP contribution in [0.2, 0.25) is 0 Å². The fourth-order valence-corrected chi connectivity index (χ4v) is 3.50. The molecule has 7 nitrogen and oxygen atoms in total. The Balaban J connectivity index is 1.54. The second-order valence-electron chi connectivity index (χ2n) is 7.21. The van der Waals surface area contributed by atoms with Crippen LogP contribution in [0.5, 0.6) is 5.75 Å². The van der Waals surface area contributed by atoms with Gasteiger partial charge in [0.05, 0.1) is 23.9 Å². The van der Waals surface area contributed by atoms with Crippen molar-refractivity contribution in [1.82, 2.24) is 15.0 Å². The van der Waals surface area contributed by atoms with Crippen molar-refractivity contribution in [2.24, 2.45) is 0 Å². The summed E-state index contributed by atoms with van der Waals surface area (Å²) >= 11 is 0. The van der Waals surface area contributed by atoms with E-state index in [4.69, 9.17) is 10.1 Å². The summed E-state index contributed by atoms with van der Waals surface area (Å²) in [5, 5.41) is 20.7. The Morgan fingerprint density at radius 2 is 1.97 bits per heavy atom. The summed E-state index contributed by atoms with van der Waals surface area (Å²) in [5.74, 6) is 0.315. The van der Waals surface area contributed by atoms with E-state index >= 15 is 0 Å². The number of para-hydroxylation sites is 1. The highest BCUT2D eigenvalue weighted by Crippen LogP contribution is 2.25. The maximum Gasteiger partial charge on any atom is 0.441 e. The highest BCUT2D eigenvalue weighted by atomic mass is 16.7. The minimum Gasteiger partial charge on any atom is -0.463 e. The van der Waals surface area contributed by atoms with Crippen molar-refractivity contribution < 1.29 is 14.7 Å². The second kappa shape index (κ2) is 8.59. The molecule has 4 rings (SSSR count). The Labute approximate surface area is 179 Å². The van der Waals surface area contributed by atoms with Gasteiger partial charge in [0, 0.05) is 28.9 Å². The minimum atomic E-state index is -1.18. The highest BCUT2D eigenvalue weighted by Gasteiger charge is 2.23. The van der Waals surface area contributed by atoms with Crippen LogP contribution in [-0.2, 0) is 6.42 Å². The van der Waals surface area contributed by atoms with Crippen molar-refractivity contribution in [3.8, 4) is 22.9 Å². The number of amides is 1. The van der Waals surface area contributed by atoms with E-state index in [1.54, 1.807) is 31.3 Å². The molecule has 0 fully saturated rings. The van der Waals surface area contributed by atoms with Crippen LogP contribution < -0.4 is 4.84 Å². The Bertz CT molecular complexity index is 1260. The molecule has 2 aromatic carbocycles. The lowest BCUT2D eigenvalue weighted by Gasteiger charge is -2.25. The number of hydrogen-bond acceptors (Lipinski definition) is 4. The largest absolute Gasteiger partial charge is 0.463 e. The average Bonchev–Trinajstić information content (AvgIpc) is 3.20. The van der Waals surface area contributed by atoms with Gasteiger partial charge in [-0.25, -0.2) is 4.79 Å². The quantitative estimate of drug-likeness (QED) is 0.434. The zero-order valence-corrected chi connectivity index (χ0v) is 16.8. The third kappa shape index (κ3) is 4.33. The van der Waals surface area contributed by atoms with Crippen molar-refractivity contribution in [2.45, 2.75) is 19.4 Å². The molecule has 2 N–H and O–H groups in total. The van der Waals surface area contributed by atoms with Crippen LogP contribution in [0.1, 0.15) is 18.1 Å². The molecule has 1 atom stereocenters. The lowest BCUT2D eigenvalue weighted by Crippen LogP contribution is -2.41. The van der Waals surface area contributed by atoms with Gasteiger partial charge in [-0.1, -0.05) is 30.3 Å². The molecule has 2 aromatic heterocycles. The van der Waals surface area contributed by atoms with E-state index < -0.39 is 12.1 Å². The van der Waals surface area contributed by atoms with Crippen molar-refractivity contribution in [1.29, 1.82) is 5.26 Å². The number of hydroxylamine groups is 2. The van der Waals surface area contributed by atoms with Gasteiger partial charge in [-0.2, -0.15) is 5.26 Å². The van der Waals surface area contributed by atoms with Gasteiger partial charge in [0.25, 0.3) is 0 Å². The first-order valence-corrected chi connectivity index (χ1v) is 9.76. The van der Waals surface area contributed by atoms with Crippen LogP contribution in [0.15, 0.2) is 73.2 Å². The lowest BCUT2D eigenvalue weighted by molar-refractivity contribution is -0.0636. The smallest absolute Gasteiger partial charge is 0.441 e. The van der Waals surface area contributed by atoms with Crippen LogP contribution in [-0.4, -0.2) is 32.3 Å². The predicted molar refractivity (Wildman–Crippen MR) is 116 cm³/mol. The number of benzene rings is 2. The molecule has 1 unspecified atom stereocenters. The van der Waals surface area contributed by atoms with Gasteiger partial charge in [-0.05, 0) is 48.7 Å². The predicted octanol–water partition coefficient (Wildman–Crippen LogP) is 5.01. The summed E-state index contributed by atoms with van der Waals surface area (Å²) in [7, 11) is 0. The number of aromatic amines is 1.